The lowest BCUT2D eigenvalue weighted by molar-refractivity contribution is 0.956. The molecule has 3 aromatic rings. The summed E-state index contributed by atoms with van der Waals surface area (Å²) in [7, 11) is 0. The Morgan fingerprint density at radius 3 is 2.31 bits per heavy atom. The first kappa shape index (κ1) is 23.6. The molecule has 1 heterocycles. The Bertz CT molecular complexity index is 1110. The molecule has 0 amide bonds. The highest BCUT2D eigenvalue weighted by molar-refractivity contribution is 7.80. The lowest BCUT2D eigenvalue weighted by atomic mass is 10.1. The molecule has 0 atom stereocenters. The minimum atomic E-state index is 0.431. The predicted octanol–water partition coefficient (Wildman–Crippen LogP) is 5.36. The van der Waals surface area contributed by atoms with Crippen molar-refractivity contribution in [3.63, 3.8) is 0 Å². The maximum Gasteiger partial charge on any atom is 0.229 e. The average molecular weight is 467 g/mol. The molecule has 0 unspecified atom stereocenters. The third-order valence-corrected chi connectivity index (χ3v) is 5.13. The quantitative estimate of drug-likeness (QED) is 0.267. The molecule has 0 bridgehead atoms. The molecule has 2 aromatic carbocycles. The molecule has 3 rings (SSSR count). The average Bonchev–Trinajstić information content (AvgIpc) is 2.71. The highest BCUT2D eigenvalue weighted by Crippen LogP contribution is 2.16. The van der Waals surface area contributed by atoms with Crippen LogP contribution in [0.2, 0.25) is 5.02 Å². The number of aryl methyl sites for hydroxylation is 4. The molecule has 0 aliphatic heterocycles. The zero-order valence-electron chi connectivity index (χ0n) is 18.7. The van der Waals surface area contributed by atoms with Crippen molar-refractivity contribution in [1.82, 2.24) is 15.3 Å². The highest BCUT2D eigenvalue weighted by Gasteiger charge is 2.08. The molecule has 0 spiro atoms. The molecule has 8 heteroatoms. The van der Waals surface area contributed by atoms with Crippen LogP contribution >= 0.6 is 23.8 Å². The van der Waals surface area contributed by atoms with Crippen molar-refractivity contribution in [2.45, 2.75) is 34.1 Å². The van der Waals surface area contributed by atoms with E-state index in [1.165, 1.54) is 0 Å². The Morgan fingerprint density at radius 2 is 1.62 bits per heavy atom. The SMILES string of the molecule is Cc1ccc(C)c(NC(=S)NC(=NCCc2ccc(Cl)cc2)Nc2nc(C)cc(C)n2)c1. The van der Waals surface area contributed by atoms with Crippen molar-refractivity contribution in [3.8, 4) is 0 Å². The molecule has 166 valence electrons. The van der Waals surface area contributed by atoms with Crippen LogP contribution in [0.5, 0.6) is 0 Å². The van der Waals surface area contributed by atoms with Gasteiger partial charge in [0.25, 0.3) is 0 Å². The molecular formula is C24H27ClN6S. The van der Waals surface area contributed by atoms with Gasteiger partial charge >= 0.3 is 0 Å². The second-order valence-corrected chi connectivity index (χ2v) is 8.45. The van der Waals surface area contributed by atoms with E-state index in [4.69, 9.17) is 23.8 Å². The first-order valence-electron chi connectivity index (χ1n) is 10.3. The van der Waals surface area contributed by atoms with Crippen LogP contribution in [-0.4, -0.2) is 27.6 Å². The summed E-state index contributed by atoms with van der Waals surface area (Å²) in [6.07, 6.45) is 0.759. The van der Waals surface area contributed by atoms with Crippen molar-refractivity contribution in [1.29, 1.82) is 0 Å². The van der Waals surface area contributed by atoms with Gasteiger partial charge < -0.3 is 10.6 Å². The van der Waals surface area contributed by atoms with E-state index in [0.29, 0.717) is 23.6 Å². The molecule has 32 heavy (non-hydrogen) atoms. The monoisotopic (exact) mass is 466 g/mol. The molecule has 0 saturated heterocycles. The van der Waals surface area contributed by atoms with Gasteiger partial charge in [-0.25, -0.2) is 9.97 Å². The molecule has 6 nitrogen and oxygen atoms in total. The number of hydrogen-bond acceptors (Lipinski definition) is 4. The van der Waals surface area contributed by atoms with Gasteiger partial charge in [-0.1, -0.05) is 35.9 Å². The number of aliphatic imine (C=N–C) groups is 1. The Balaban J connectivity index is 1.74. The summed E-state index contributed by atoms with van der Waals surface area (Å²) in [6.45, 7) is 8.49. The largest absolute Gasteiger partial charge is 0.332 e. The Hall–Kier alpha value is -3.03. The Morgan fingerprint density at radius 1 is 0.938 bits per heavy atom. The Kier molecular flexibility index (Phi) is 8.14. The van der Waals surface area contributed by atoms with Gasteiger partial charge in [0.2, 0.25) is 11.9 Å². The van der Waals surface area contributed by atoms with Crippen molar-refractivity contribution in [3.05, 3.63) is 81.6 Å². The molecule has 0 aliphatic carbocycles. The summed E-state index contributed by atoms with van der Waals surface area (Å²) in [4.78, 5) is 13.6. The lowest BCUT2D eigenvalue weighted by Gasteiger charge is -2.16. The lowest BCUT2D eigenvalue weighted by Crippen LogP contribution is -2.39. The summed E-state index contributed by atoms with van der Waals surface area (Å²) >= 11 is 11.5. The van der Waals surface area contributed by atoms with Gasteiger partial charge in [-0.3, -0.25) is 10.3 Å². The number of nitrogens with one attached hydrogen (secondary N) is 3. The van der Waals surface area contributed by atoms with Crippen molar-refractivity contribution in [2.24, 2.45) is 4.99 Å². The van der Waals surface area contributed by atoms with Gasteiger partial charge in [0, 0.05) is 28.6 Å². The second-order valence-electron chi connectivity index (χ2n) is 7.60. The number of thiocarbonyl (C=S) groups is 1. The number of benzene rings is 2. The summed E-state index contributed by atoms with van der Waals surface area (Å²) < 4.78 is 0. The molecule has 0 radical (unpaired) electrons. The number of nitrogens with zero attached hydrogens (tertiary/aromatic N) is 3. The van der Waals surface area contributed by atoms with Crippen molar-refractivity contribution < 1.29 is 0 Å². The van der Waals surface area contributed by atoms with Crippen molar-refractivity contribution >= 4 is 46.5 Å². The third-order valence-electron chi connectivity index (χ3n) is 4.67. The topological polar surface area (TPSA) is 74.2 Å². The van der Waals surface area contributed by atoms with E-state index in [9.17, 15) is 0 Å². The summed E-state index contributed by atoms with van der Waals surface area (Å²) in [5, 5.41) is 10.7. The maximum absolute atomic E-state index is 5.97. The number of guanidine groups is 1. The standard InChI is InChI=1S/C24H27ClN6S/c1-15-5-6-16(2)21(13-15)29-24(32)31-22(30-23-27-17(3)14-18(4)28-23)26-12-11-19-7-9-20(25)10-8-19/h5-10,13-14H,11-12H2,1-4H3,(H3,26,27,28,29,30,31,32). The van der Waals surface area contributed by atoms with Gasteiger partial charge in [0.1, 0.15) is 0 Å². The van der Waals surface area contributed by atoms with Crippen LogP contribution in [0.25, 0.3) is 0 Å². The summed E-state index contributed by atoms with van der Waals surface area (Å²) in [5.41, 5.74) is 6.10. The van der Waals surface area contributed by atoms with Crippen LogP contribution in [0, 0.1) is 27.7 Å². The van der Waals surface area contributed by atoms with E-state index in [0.717, 1.165) is 45.2 Å². The zero-order valence-corrected chi connectivity index (χ0v) is 20.2. The minimum absolute atomic E-state index is 0.431. The van der Waals surface area contributed by atoms with Gasteiger partial charge in [-0.15, -0.1) is 0 Å². The fourth-order valence-corrected chi connectivity index (χ4v) is 3.41. The van der Waals surface area contributed by atoms with E-state index in [1.807, 2.05) is 58.0 Å². The molecular weight excluding hydrogens is 440 g/mol. The van der Waals surface area contributed by atoms with E-state index in [-0.39, 0.29) is 0 Å². The fraction of sp³-hybridized carbons (Fsp3) is 0.250. The fourth-order valence-electron chi connectivity index (χ4n) is 3.08. The van der Waals surface area contributed by atoms with Gasteiger partial charge in [0.15, 0.2) is 5.11 Å². The first-order chi connectivity index (χ1) is 15.3. The first-order valence-corrected chi connectivity index (χ1v) is 11.1. The van der Waals surface area contributed by atoms with E-state index >= 15 is 0 Å². The molecule has 0 saturated carbocycles. The molecule has 0 aliphatic rings. The van der Waals surface area contributed by atoms with E-state index in [2.05, 4.69) is 49.1 Å². The van der Waals surface area contributed by atoms with Gasteiger partial charge in [-0.05, 0) is 87.3 Å². The minimum Gasteiger partial charge on any atom is -0.332 e. The number of halogens is 1. The maximum atomic E-state index is 5.97. The second kappa shape index (κ2) is 11.0. The molecule has 0 fully saturated rings. The van der Waals surface area contributed by atoms with Crippen LogP contribution in [0.1, 0.15) is 28.1 Å². The summed E-state index contributed by atoms with van der Waals surface area (Å²) in [6, 6.07) is 15.9. The van der Waals surface area contributed by atoms with E-state index in [1.54, 1.807) is 0 Å². The van der Waals surface area contributed by atoms with Gasteiger partial charge in [0.05, 0.1) is 0 Å². The Labute approximate surface area is 199 Å². The van der Waals surface area contributed by atoms with Crippen LogP contribution in [0.15, 0.2) is 53.5 Å². The normalized spacial score (nSPS) is 11.2. The van der Waals surface area contributed by atoms with Crippen LogP contribution in [-0.2, 0) is 6.42 Å². The van der Waals surface area contributed by atoms with Gasteiger partial charge in [-0.2, -0.15) is 0 Å². The number of hydrogen-bond donors (Lipinski definition) is 3. The third kappa shape index (κ3) is 7.28. The summed E-state index contributed by atoms with van der Waals surface area (Å²) in [5.74, 6) is 0.946. The molecule has 1 aromatic heterocycles. The zero-order chi connectivity index (χ0) is 23.1. The number of anilines is 2. The smallest absolute Gasteiger partial charge is 0.229 e. The van der Waals surface area contributed by atoms with Crippen molar-refractivity contribution in [2.75, 3.05) is 17.2 Å². The predicted molar refractivity (Wildman–Crippen MR) is 138 cm³/mol. The van der Waals surface area contributed by atoms with Crippen LogP contribution in [0.3, 0.4) is 0 Å². The number of rotatable bonds is 5. The molecule has 3 N–H and O–H groups in total. The van der Waals surface area contributed by atoms with E-state index < -0.39 is 0 Å². The van der Waals surface area contributed by atoms with Crippen LogP contribution in [0.4, 0.5) is 11.6 Å². The van der Waals surface area contributed by atoms with Crippen LogP contribution < -0.4 is 16.0 Å². The number of aromatic nitrogens is 2. The highest BCUT2D eigenvalue weighted by atomic mass is 35.5.